The van der Waals surface area contributed by atoms with Crippen LogP contribution in [0.5, 0.6) is 0 Å². The van der Waals surface area contributed by atoms with Crippen LogP contribution in [0.2, 0.25) is 0 Å². The number of rotatable bonds is 3. The van der Waals surface area contributed by atoms with Crippen molar-refractivity contribution in [3.05, 3.63) is 72.1 Å². The van der Waals surface area contributed by atoms with E-state index in [1.807, 2.05) is 36.5 Å². The molecule has 0 bridgehead atoms. The molecule has 0 spiro atoms. The van der Waals surface area contributed by atoms with Gasteiger partial charge in [-0.15, -0.1) is 0 Å². The molecule has 0 fully saturated rings. The third-order valence-corrected chi connectivity index (χ3v) is 5.45. The van der Waals surface area contributed by atoms with E-state index in [0.717, 1.165) is 38.5 Å². The lowest BCUT2D eigenvalue weighted by Gasteiger charge is -2.14. The third kappa shape index (κ3) is 2.56. The molecule has 0 saturated carbocycles. The number of nitrogens with one attached hydrogen (secondary N) is 1. The third-order valence-electron chi connectivity index (χ3n) is 5.45. The second-order valence-electron chi connectivity index (χ2n) is 7.24. The van der Waals surface area contributed by atoms with Gasteiger partial charge in [0, 0.05) is 40.3 Å². The topological polar surface area (TPSA) is 98.8 Å². The highest BCUT2D eigenvalue weighted by Gasteiger charge is 2.32. The van der Waals surface area contributed by atoms with Gasteiger partial charge < -0.3 is 15.6 Å². The number of H-pyrrole nitrogens is 1. The summed E-state index contributed by atoms with van der Waals surface area (Å²) in [4.78, 5) is 22.0. The first-order valence-corrected chi connectivity index (χ1v) is 9.21. The molecule has 3 heterocycles. The molecular formula is C23H17N5O. The van der Waals surface area contributed by atoms with Gasteiger partial charge in [0.15, 0.2) is 0 Å². The van der Waals surface area contributed by atoms with E-state index in [-0.39, 0.29) is 12.5 Å². The highest BCUT2D eigenvalue weighted by atomic mass is 16.2. The van der Waals surface area contributed by atoms with Crippen molar-refractivity contribution in [1.29, 1.82) is 5.26 Å². The zero-order valence-corrected chi connectivity index (χ0v) is 15.6. The molecule has 1 aliphatic heterocycles. The summed E-state index contributed by atoms with van der Waals surface area (Å²) in [7, 11) is 0. The molecule has 3 N–H and O–H groups in total. The van der Waals surface area contributed by atoms with Crippen molar-refractivity contribution in [2.24, 2.45) is 0 Å². The smallest absolute Gasteiger partial charge is 0.256 e. The first kappa shape index (κ1) is 17.0. The summed E-state index contributed by atoms with van der Waals surface area (Å²) in [6, 6.07) is 13.9. The number of nitriles is 1. The molecule has 29 heavy (non-hydrogen) atoms. The molecule has 2 aromatic heterocycles. The quantitative estimate of drug-likeness (QED) is 0.415. The van der Waals surface area contributed by atoms with Gasteiger partial charge in [-0.05, 0) is 41.0 Å². The van der Waals surface area contributed by atoms with E-state index in [0.29, 0.717) is 23.4 Å². The standard InChI is InChI=1S/C23H17N5O/c1-13(9-24)11-28-12-18-15(3-4-19(25)22(18)23(28)29)14-2-5-20-17(8-14)16-6-7-26-10-21(16)27-20/h2-8,10,27H,1,11-12,25H2. The zero-order chi connectivity index (χ0) is 20.1. The lowest BCUT2D eigenvalue weighted by molar-refractivity contribution is 0.0794. The number of anilines is 1. The average molecular weight is 379 g/mol. The summed E-state index contributed by atoms with van der Waals surface area (Å²) in [6.07, 6.45) is 3.59. The van der Waals surface area contributed by atoms with Crippen LogP contribution >= 0.6 is 0 Å². The number of carbonyl (C=O) groups is 1. The number of fused-ring (bicyclic) bond motifs is 4. The van der Waals surface area contributed by atoms with Crippen LogP contribution in [0.3, 0.4) is 0 Å². The van der Waals surface area contributed by atoms with E-state index in [1.54, 1.807) is 17.2 Å². The average Bonchev–Trinajstić information content (AvgIpc) is 3.26. The maximum Gasteiger partial charge on any atom is 0.256 e. The summed E-state index contributed by atoms with van der Waals surface area (Å²) in [5.74, 6) is -0.157. The van der Waals surface area contributed by atoms with E-state index >= 15 is 0 Å². The van der Waals surface area contributed by atoms with Crippen molar-refractivity contribution >= 4 is 33.4 Å². The number of pyridine rings is 1. The lowest BCUT2D eigenvalue weighted by atomic mass is 9.95. The van der Waals surface area contributed by atoms with E-state index in [1.165, 1.54) is 0 Å². The van der Waals surface area contributed by atoms with E-state index < -0.39 is 0 Å². The molecule has 6 nitrogen and oxygen atoms in total. The molecule has 0 aliphatic carbocycles. The minimum absolute atomic E-state index is 0.157. The lowest BCUT2D eigenvalue weighted by Crippen LogP contribution is -2.26. The number of aromatic amines is 1. The molecule has 6 heteroatoms. The SMILES string of the molecule is C=C(C#N)CN1Cc2c(-c3ccc4[nH]c5cnccc5c4c3)ccc(N)c2C1=O. The van der Waals surface area contributed by atoms with Crippen LogP contribution in [0, 0.1) is 11.3 Å². The Morgan fingerprint density at radius 1 is 1.24 bits per heavy atom. The van der Waals surface area contributed by atoms with Crippen LogP contribution < -0.4 is 5.73 Å². The van der Waals surface area contributed by atoms with Crippen molar-refractivity contribution in [2.75, 3.05) is 12.3 Å². The maximum absolute atomic E-state index is 12.9. The van der Waals surface area contributed by atoms with Gasteiger partial charge >= 0.3 is 0 Å². The van der Waals surface area contributed by atoms with Gasteiger partial charge in [0.05, 0.1) is 29.9 Å². The Morgan fingerprint density at radius 2 is 2.10 bits per heavy atom. The Morgan fingerprint density at radius 3 is 2.93 bits per heavy atom. The number of benzene rings is 2. The van der Waals surface area contributed by atoms with Crippen molar-refractivity contribution in [1.82, 2.24) is 14.9 Å². The van der Waals surface area contributed by atoms with Gasteiger partial charge in [-0.25, -0.2) is 0 Å². The molecule has 0 radical (unpaired) electrons. The highest BCUT2D eigenvalue weighted by Crippen LogP contribution is 2.38. The van der Waals surface area contributed by atoms with Crippen LogP contribution in [0.15, 0.2) is 60.9 Å². The number of aromatic nitrogens is 2. The second-order valence-corrected chi connectivity index (χ2v) is 7.24. The van der Waals surface area contributed by atoms with Crippen LogP contribution in [-0.4, -0.2) is 27.3 Å². The summed E-state index contributed by atoms with van der Waals surface area (Å²) in [6.45, 7) is 4.31. The van der Waals surface area contributed by atoms with Crippen molar-refractivity contribution < 1.29 is 4.79 Å². The molecule has 0 saturated heterocycles. The molecule has 1 aliphatic rings. The van der Waals surface area contributed by atoms with Crippen molar-refractivity contribution in [2.45, 2.75) is 6.54 Å². The molecule has 5 rings (SSSR count). The van der Waals surface area contributed by atoms with E-state index in [9.17, 15) is 4.79 Å². The van der Waals surface area contributed by atoms with Gasteiger partial charge in [0.2, 0.25) is 0 Å². The predicted molar refractivity (Wildman–Crippen MR) is 113 cm³/mol. The number of hydrogen-bond donors (Lipinski definition) is 2. The van der Waals surface area contributed by atoms with E-state index in [4.69, 9.17) is 11.0 Å². The monoisotopic (exact) mass is 379 g/mol. The second kappa shape index (κ2) is 6.21. The first-order chi connectivity index (χ1) is 14.1. The summed E-state index contributed by atoms with van der Waals surface area (Å²) in [5.41, 5.74) is 12.4. The zero-order valence-electron chi connectivity index (χ0n) is 15.6. The Hall–Kier alpha value is -4.11. The number of nitrogens with two attached hydrogens (primary N) is 1. The summed E-state index contributed by atoms with van der Waals surface area (Å²) < 4.78 is 0. The van der Waals surface area contributed by atoms with Crippen LogP contribution in [0.25, 0.3) is 32.9 Å². The summed E-state index contributed by atoms with van der Waals surface area (Å²) in [5, 5.41) is 11.2. The van der Waals surface area contributed by atoms with Gasteiger partial charge in [0.25, 0.3) is 5.91 Å². The van der Waals surface area contributed by atoms with Gasteiger partial charge in [-0.3, -0.25) is 9.78 Å². The number of nitrogens with zero attached hydrogens (tertiary/aromatic N) is 3. The number of carbonyl (C=O) groups excluding carboxylic acids is 1. The first-order valence-electron chi connectivity index (χ1n) is 9.21. The fourth-order valence-corrected chi connectivity index (χ4v) is 4.09. The fourth-order valence-electron chi connectivity index (χ4n) is 4.09. The van der Waals surface area contributed by atoms with Gasteiger partial charge in [0.1, 0.15) is 0 Å². The highest BCUT2D eigenvalue weighted by molar-refractivity contribution is 6.09. The number of amides is 1. The fraction of sp³-hybridized carbons (Fsp3) is 0.0870. The molecule has 2 aromatic carbocycles. The molecule has 1 amide bonds. The summed E-state index contributed by atoms with van der Waals surface area (Å²) >= 11 is 0. The molecule has 140 valence electrons. The Kier molecular flexibility index (Phi) is 3.65. The maximum atomic E-state index is 12.9. The normalized spacial score (nSPS) is 13.1. The van der Waals surface area contributed by atoms with Crippen LogP contribution in [-0.2, 0) is 6.54 Å². The van der Waals surface area contributed by atoms with Gasteiger partial charge in [-0.2, -0.15) is 5.26 Å². The number of nitrogen functional groups attached to an aromatic ring is 1. The predicted octanol–water partition coefficient (Wildman–Crippen LogP) is 4.00. The Labute approximate surface area is 166 Å². The molecule has 0 unspecified atom stereocenters. The Bertz CT molecular complexity index is 1380. The molecular weight excluding hydrogens is 362 g/mol. The van der Waals surface area contributed by atoms with Crippen molar-refractivity contribution in [3.8, 4) is 17.2 Å². The largest absolute Gasteiger partial charge is 0.398 e. The molecule has 0 atom stereocenters. The Balaban J connectivity index is 1.66. The van der Waals surface area contributed by atoms with Crippen LogP contribution in [0.1, 0.15) is 15.9 Å². The van der Waals surface area contributed by atoms with Crippen molar-refractivity contribution in [3.63, 3.8) is 0 Å². The molecule has 4 aromatic rings. The number of hydrogen-bond acceptors (Lipinski definition) is 4. The van der Waals surface area contributed by atoms with E-state index in [2.05, 4.69) is 22.6 Å². The minimum atomic E-state index is -0.157. The minimum Gasteiger partial charge on any atom is -0.398 e. The van der Waals surface area contributed by atoms with Crippen LogP contribution in [0.4, 0.5) is 5.69 Å². The van der Waals surface area contributed by atoms with Gasteiger partial charge in [-0.1, -0.05) is 18.7 Å².